The van der Waals surface area contributed by atoms with E-state index in [1.54, 1.807) is 36.0 Å². The maximum atomic E-state index is 13.7. The molecule has 0 aliphatic carbocycles. The zero-order valence-electron chi connectivity index (χ0n) is 14.5. The highest BCUT2D eigenvalue weighted by atomic mass is 19.3. The smallest absolute Gasteiger partial charge is 0.387 e. The Kier molecular flexibility index (Phi) is 4.46. The van der Waals surface area contributed by atoms with Crippen molar-refractivity contribution in [2.45, 2.75) is 13.5 Å². The summed E-state index contributed by atoms with van der Waals surface area (Å²) in [5.74, 6) is -1.83. The van der Waals surface area contributed by atoms with Gasteiger partial charge in [-0.3, -0.25) is 9.55 Å². The molecule has 8 heteroatoms. The number of alkyl halides is 2. The Morgan fingerprint density at radius 2 is 1.68 bits per heavy atom. The highest BCUT2D eigenvalue weighted by molar-refractivity contribution is 5.81. The summed E-state index contributed by atoms with van der Waals surface area (Å²) in [5, 5.41) is 0. The number of nitrogens with zero attached hydrogens (tertiary/aromatic N) is 3. The lowest BCUT2D eigenvalue weighted by molar-refractivity contribution is -0.0498. The lowest BCUT2D eigenvalue weighted by Crippen LogP contribution is -2.02. The van der Waals surface area contributed by atoms with Gasteiger partial charge in [-0.05, 0) is 55.0 Å². The maximum absolute atomic E-state index is 13.7. The first kappa shape index (κ1) is 18.0. The van der Waals surface area contributed by atoms with E-state index in [1.807, 2.05) is 0 Å². The van der Waals surface area contributed by atoms with E-state index in [9.17, 15) is 17.6 Å². The van der Waals surface area contributed by atoms with Crippen molar-refractivity contribution in [3.63, 3.8) is 0 Å². The molecule has 0 aliphatic rings. The Morgan fingerprint density at radius 1 is 0.964 bits per heavy atom. The lowest BCUT2D eigenvalue weighted by Gasteiger charge is -2.09. The molecule has 0 N–H and O–H groups in total. The zero-order chi connectivity index (χ0) is 19.8. The molecule has 2 aromatic carbocycles. The van der Waals surface area contributed by atoms with E-state index >= 15 is 0 Å². The molecule has 2 heterocycles. The second-order valence-corrected chi connectivity index (χ2v) is 6.13. The zero-order valence-corrected chi connectivity index (χ0v) is 14.5. The molecule has 2 aromatic heterocycles. The average molecular weight is 387 g/mol. The van der Waals surface area contributed by atoms with Crippen LogP contribution in [0.4, 0.5) is 17.6 Å². The number of rotatable bonds is 4. The molecule has 4 rings (SSSR count). The number of benzene rings is 2. The fourth-order valence-corrected chi connectivity index (χ4v) is 2.98. The Labute approximate surface area is 157 Å². The van der Waals surface area contributed by atoms with Crippen LogP contribution in [-0.4, -0.2) is 21.1 Å². The molecule has 28 heavy (non-hydrogen) atoms. The molecule has 142 valence electrons. The van der Waals surface area contributed by atoms with Crippen LogP contribution in [-0.2, 0) is 0 Å². The standard InChI is InChI=1S/C20H13F4N3O/c1-11-6-15(21)16(22)7-14(11)17-8-19-18(9-25-17)26-10-27(19)12-2-4-13(5-3-12)28-20(23)24/h2-10,20H,1H3. The minimum absolute atomic E-state index is 0.0444. The summed E-state index contributed by atoms with van der Waals surface area (Å²) < 4.78 is 57.8. The third-order valence-corrected chi connectivity index (χ3v) is 4.32. The quantitative estimate of drug-likeness (QED) is 0.448. The molecule has 0 amide bonds. The fraction of sp³-hybridized carbons (Fsp3) is 0.100. The van der Waals surface area contributed by atoms with Crippen LogP contribution >= 0.6 is 0 Å². The van der Waals surface area contributed by atoms with Gasteiger partial charge in [0.15, 0.2) is 11.6 Å². The van der Waals surface area contributed by atoms with E-state index in [0.29, 0.717) is 33.5 Å². The number of fused-ring (bicyclic) bond motifs is 1. The van der Waals surface area contributed by atoms with Gasteiger partial charge in [-0.15, -0.1) is 0 Å². The van der Waals surface area contributed by atoms with Crippen LogP contribution in [0.15, 0.2) is 55.0 Å². The minimum Gasteiger partial charge on any atom is -0.435 e. The molecule has 0 unspecified atom stereocenters. The first-order valence-corrected chi connectivity index (χ1v) is 8.27. The Bertz CT molecular complexity index is 1160. The number of ether oxygens (including phenoxy) is 1. The Morgan fingerprint density at radius 3 is 2.39 bits per heavy atom. The Balaban J connectivity index is 1.78. The van der Waals surface area contributed by atoms with Gasteiger partial charge in [0, 0.05) is 11.3 Å². The first-order chi connectivity index (χ1) is 13.4. The summed E-state index contributed by atoms with van der Waals surface area (Å²) in [6, 6.07) is 10.0. The lowest BCUT2D eigenvalue weighted by atomic mass is 10.0. The largest absolute Gasteiger partial charge is 0.435 e. The van der Waals surface area contributed by atoms with Gasteiger partial charge in [-0.1, -0.05) is 0 Å². The second-order valence-electron chi connectivity index (χ2n) is 6.13. The number of halogens is 4. The van der Waals surface area contributed by atoms with Crippen molar-refractivity contribution in [1.29, 1.82) is 0 Å². The first-order valence-electron chi connectivity index (χ1n) is 8.27. The van der Waals surface area contributed by atoms with Crippen LogP contribution in [0.25, 0.3) is 28.0 Å². The van der Waals surface area contributed by atoms with Gasteiger partial charge in [-0.25, -0.2) is 13.8 Å². The average Bonchev–Trinajstić information content (AvgIpc) is 3.08. The molecule has 0 radical (unpaired) electrons. The highest BCUT2D eigenvalue weighted by Gasteiger charge is 2.13. The number of pyridine rings is 1. The fourth-order valence-electron chi connectivity index (χ4n) is 2.98. The molecular weight excluding hydrogens is 374 g/mol. The molecule has 4 aromatic rings. The topological polar surface area (TPSA) is 39.9 Å². The number of aryl methyl sites for hydroxylation is 1. The molecule has 0 aliphatic heterocycles. The van der Waals surface area contributed by atoms with Gasteiger partial charge in [0.05, 0.1) is 17.4 Å². The molecule has 4 nitrogen and oxygen atoms in total. The van der Waals surface area contributed by atoms with E-state index in [4.69, 9.17) is 0 Å². The summed E-state index contributed by atoms with van der Waals surface area (Å²) in [6.45, 7) is -1.23. The van der Waals surface area contributed by atoms with Crippen LogP contribution in [0, 0.1) is 18.6 Å². The number of aromatic nitrogens is 3. The van der Waals surface area contributed by atoms with Gasteiger partial charge in [0.2, 0.25) is 0 Å². The molecule has 0 saturated carbocycles. The molecule has 0 bridgehead atoms. The summed E-state index contributed by atoms with van der Waals surface area (Å²) in [7, 11) is 0. The van der Waals surface area contributed by atoms with Crippen molar-refractivity contribution < 1.29 is 22.3 Å². The van der Waals surface area contributed by atoms with Gasteiger partial charge in [0.25, 0.3) is 0 Å². The maximum Gasteiger partial charge on any atom is 0.387 e. The second kappa shape index (κ2) is 6.95. The van der Waals surface area contributed by atoms with Crippen LogP contribution in [0.5, 0.6) is 5.75 Å². The predicted octanol–water partition coefficient (Wildman–Crippen LogP) is 5.28. The van der Waals surface area contributed by atoms with Gasteiger partial charge >= 0.3 is 6.61 Å². The van der Waals surface area contributed by atoms with Crippen LogP contribution in [0.1, 0.15) is 5.56 Å². The van der Waals surface area contributed by atoms with E-state index in [0.717, 1.165) is 12.1 Å². The molecule has 0 saturated heterocycles. The summed E-state index contributed by atoms with van der Waals surface area (Å²) in [6.07, 6.45) is 3.10. The third kappa shape index (κ3) is 3.28. The summed E-state index contributed by atoms with van der Waals surface area (Å²) in [4.78, 5) is 8.56. The molecule has 0 spiro atoms. The van der Waals surface area contributed by atoms with Crippen LogP contribution in [0.3, 0.4) is 0 Å². The SMILES string of the molecule is Cc1cc(F)c(F)cc1-c1cc2c(cn1)ncn2-c1ccc(OC(F)F)cc1. The van der Waals surface area contributed by atoms with Crippen molar-refractivity contribution >= 4 is 11.0 Å². The van der Waals surface area contributed by atoms with E-state index in [-0.39, 0.29) is 5.75 Å². The van der Waals surface area contributed by atoms with Crippen molar-refractivity contribution in [3.05, 3.63) is 72.2 Å². The molecular formula is C20H13F4N3O. The van der Waals surface area contributed by atoms with Crippen molar-refractivity contribution in [2.75, 3.05) is 0 Å². The van der Waals surface area contributed by atoms with E-state index in [1.165, 1.54) is 18.3 Å². The highest BCUT2D eigenvalue weighted by Crippen LogP contribution is 2.28. The van der Waals surface area contributed by atoms with Crippen molar-refractivity contribution in [2.24, 2.45) is 0 Å². The Hall–Kier alpha value is -3.42. The van der Waals surface area contributed by atoms with E-state index in [2.05, 4.69) is 14.7 Å². The normalized spacial score (nSPS) is 11.4. The molecule has 0 atom stereocenters. The van der Waals surface area contributed by atoms with E-state index < -0.39 is 18.2 Å². The third-order valence-electron chi connectivity index (χ3n) is 4.32. The number of hydrogen-bond donors (Lipinski definition) is 0. The van der Waals surface area contributed by atoms with Crippen molar-refractivity contribution in [3.8, 4) is 22.7 Å². The monoisotopic (exact) mass is 387 g/mol. The number of imidazole rings is 1. The summed E-state index contributed by atoms with van der Waals surface area (Å²) >= 11 is 0. The van der Waals surface area contributed by atoms with Crippen LogP contribution < -0.4 is 4.74 Å². The van der Waals surface area contributed by atoms with Gasteiger partial charge in [-0.2, -0.15) is 8.78 Å². The van der Waals surface area contributed by atoms with Gasteiger partial charge < -0.3 is 4.74 Å². The summed E-state index contributed by atoms with van der Waals surface area (Å²) in [5.41, 5.74) is 3.42. The number of hydrogen-bond acceptors (Lipinski definition) is 3. The van der Waals surface area contributed by atoms with Gasteiger partial charge in [0.1, 0.15) is 17.6 Å². The molecule has 0 fully saturated rings. The predicted molar refractivity (Wildman–Crippen MR) is 95.6 cm³/mol. The van der Waals surface area contributed by atoms with Crippen molar-refractivity contribution in [1.82, 2.24) is 14.5 Å². The minimum atomic E-state index is -2.90. The van der Waals surface area contributed by atoms with Crippen LogP contribution in [0.2, 0.25) is 0 Å².